The second-order valence-electron chi connectivity index (χ2n) is 4.97. The van der Waals surface area contributed by atoms with Crippen LogP contribution in [0.1, 0.15) is 17.4 Å². The minimum Gasteiger partial charge on any atom is -0.489 e. The summed E-state index contributed by atoms with van der Waals surface area (Å²) in [5.74, 6) is 0.627. The van der Waals surface area contributed by atoms with Crippen LogP contribution in [0.5, 0.6) is 5.75 Å². The molecule has 0 spiro atoms. The lowest BCUT2D eigenvalue weighted by Crippen LogP contribution is -2.37. The molecular formula is C15H17NO3S2. The molecule has 1 aliphatic heterocycles. The van der Waals surface area contributed by atoms with E-state index in [1.165, 1.54) is 15.6 Å². The second kappa shape index (κ2) is 5.35. The minimum absolute atomic E-state index is 0.345. The number of benzene rings is 1. The van der Waals surface area contributed by atoms with Crippen LogP contribution in [0.4, 0.5) is 5.69 Å². The lowest BCUT2D eigenvalue weighted by Gasteiger charge is -2.30. The van der Waals surface area contributed by atoms with Crippen LogP contribution in [0.3, 0.4) is 0 Å². The molecule has 3 rings (SSSR count). The highest BCUT2D eigenvalue weighted by Crippen LogP contribution is 2.37. The van der Waals surface area contributed by atoms with Crippen molar-refractivity contribution in [2.45, 2.75) is 24.5 Å². The van der Waals surface area contributed by atoms with E-state index in [1.54, 1.807) is 6.07 Å². The molecule has 0 fully saturated rings. The molecule has 0 bridgehead atoms. The molecule has 0 unspecified atom stereocenters. The molecule has 1 aromatic carbocycles. The average Bonchev–Trinajstić information content (AvgIpc) is 2.96. The topological polar surface area (TPSA) is 46.6 Å². The summed E-state index contributed by atoms with van der Waals surface area (Å²) in [6.07, 6.45) is 0.846. The van der Waals surface area contributed by atoms with Crippen molar-refractivity contribution in [3.05, 3.63) is 40.8 Å². The third-order valence-corrected chi connectivity index (χ3v) is 6.98. The number of hydrogen-bond acceptors (Lipinski definition) is 4. The van der Waals surface area contributed by atoms with E-state index in [9.17, 15) is 8.42 Å². The van der Waals surface area contributed by atoms with Crippen molar-refractivity contribution in [3.8, 4) is 5.75 Å². The molecule has 2 heterocycles. The van der Waals surface area contributed by atoms with Gasteiger partial charge in [0.1, 0.15) is 16.6 Å². The standard InChI is InChI=1S/C15H17NO3S2/c1-3-12-5-7-15(20-12)21(17,18)16-8-9-19-14-6-4-11(2)10-13(14)16/h4-7,10H,3,8-9H2,1-2H3. The molecule has 21 heavy (non-hydrogen) atoms. The zero-order valence-electron chi connectivity index (χ0n) is 12.0. The van der Waals surface area contributed by atoms with Gasteiger partial charge in [-0.3, -0.25) is 4.31 Å². The Balaban J connectivity index is 2.07. The maximum atomic E-state index is 12.9. The summed E-state index contributed by atoms with van der Waals surface area (Å²) in [5, 5.41) is 0. The van der Waals surface area contributed by atoms with Gasteiger partial charge in [0.2, 0.25) is 0 Å². The van der Waals surface area contributed by atoms with E-state index in [2.05, 4.69) is 0 Å². The van der Waals surface area contributed by atoms with Crippen molar-refractivity contribution < 1.29 is 13.2 Å². The van der Waals surface area contributed by atoms with Crippen LogP contribution < -0.4 is 9.04 Å². The molecule has 4 nitrogen and oxygen atoms in total. The number of anilines is 1. The quantitative estimate of drug-likeness (QED) is 0.871. The van der Waals surface area contributed by atoms with Gasteiger partial charge in [0.05, 0.1) is 12.2 Å². The number of aryl methyl sites for hydroxylation is 2. The number of thiophene rings is 1. The molecule has 1 aromatic heterocycles. The van der Waals surface area contributed by atoms with Crippen LogP contribution in [0.25, 0.3) is 0 Å². The first-order valence-corrected chi connectivity index (χ1v) is 9.13. The second-order valence-corrected chi connectivity index (χ2v) is 8.23. The van der Waals surface area contributed by atoms with E-state index < -0.39 is 10.0 Å². The van der Waals surface area contributed by atoms with E-state index in [0.29, 0.717) is 28.8 Å². The molecule has 0 amide bonds. The highest BCUT2D eigenvalue weighted by molar-refractivity contribution is 7.94. The average molecular weight is 323 g/mol. The van der Waals surface area contributed by atoms with E-state index in [0.717, 1.165) is 16.9 Å². The Labute approximate surface area is 129 Å². The predicted octanol–water partition coefficient (Wildman–Crippen LogP) is 3.21. The zero-order valence-corrected chi connectivity index (χ0v) is 13.6. The van der Waals surface area contributed by atoms with Crippen molar-refractivity contribution in [3.63, 3.8) is 0 Å². The number of ether oxygens (including phenoxy) is 1. The summed E-state index contributed by atoms with van der Waals surface area (Å²) >= 11 is 1.34. The Morgan fingerprint density at radius 3 is 2.81 bits per heavy atom. The van der Waals surface area contributed by atoms with Crippen LogP contribution in [-0.2, 0) is 16.4 Å². The van der Waals surface area contributed by atoms with Crippen LogP contribution in [0.15, 0.2) is 34.5 Å². The molecule has 2 aromatic rings. The summed E-state index contributed by atoms with van der Waals surface area (Å²) in [6, 6.07) is 9.20. The van der Waals surface area contributed by atoms with Gasteiger partial charge in [-0.25, -0.2) is 8.42 Å². The van der Waals surface area contributed by atoms with Gasteiger partial charge < -0.3 is 4.74 Å². The number of fused-ring (bicyclic) bond motifs is 1. The molecule has 0 atom stereocenters. The van der Waals surface area contributed by atoms with Gasteiger partial charge in [-0.1, -0.05) is 13.0 Å². The van der Waals surface area contributed by atoms with E-state index in [1.807, 2.05) is 38.1 Å². The summed E-state index contributed by atoms with van der Waals surface area (Å²) in [6.45, 7) is 4.69. The summed E-state index contributed by atoms with van der Waals surface area (Å²) in [4.78, 5) is 1.08. The maximum absolute atomic E-state index is 12.9. The minimum atomic E-state index is -3.51. The Morgan fingerprint density at radius 1 is 1.29 bits per heavy atom. The third-order valence-electron chi connectivity index (χ3n) is 3.46. The Kier molecular flexibility index (Phi) is 3.67. The van der Waals surface area contributed by atoms with Crippen LogP contribution >= 0.6 is 11.3 Å². The van der Waals surface area contributed by atoms with Crippen LogP contribution in [-0.4, -0.2) is 21.6 Å². The van der Waals surface area contributed by atoms with E-state index in [4.69, 9.17) is 4.74 Å². The molecule has 0 aliphatic carbocycles. The fourth-order valence-corrected chi connectivity index (χ4v) is 5.21. The van der Waals surface area contributed by atoms with E-state index >= 15 is 0 Å². The first kappa shape index (κ1) is 14.4. The van der Waals surface area contributed by atoms with Gasteiger partial charge in [0.25, 0.3) is 10.0 Å². The number of rotatable bonds is 3. The highest BCUT2D eigenvalue weighted by Gasteiger charge is 2.31. The largest absolute Gasteiger partial charge is 0.489 e. The Hall–Kier alpha value is -1.53. The van der Waals surface area contributed by atoms with Gasteiger partial charge in [0.15, 0.2) is 0 Å². The van der Waals surface area contributed by atoms with Crippen molar-refractivity contribution >= 4 is 27.0 Å². The monoisotopic (exact) mass is 323 g/mol. The Morgan fingerprint density at radius 2 is 2.10 bits per heavy atom. The third kappa shape index (κ3) is 2.53. The van der Waals surface area contributed by atoms with Gasteiger partial charge >= 0.3 is 0 Å². The fraction of sp³-hybridized carbons (Fsp3) is 0.333. The molecular weight excluding hydrogens is 306 g/mol. The fourth-order valence-electron chi connectivity index (χ4n) is 2.35. The van der Waals surface area contributed by atoms with Crippen LogP contribution in [0, 0.1) is 6.92 Å². The molecule has 6 heteroatoms. The molecule has 0 saturated heterocycles. The summed E-state index contributed by atoms with van der Waals surface area (Å²) in [5.41, 5.74) is 1.65. The number of hydrogen-bond donors (Lipinski definition) is 0. The van der Waals surface area contributed by atoms with E-state index in [-0.39, 0.29) is 0 Å². The van der Waals surface area contributed by atoms with Crippen molar-refractivity contribution in [2.75, 3.05) is 17.5 Å². The summed E-state index contributed by atoms with van der Waals surface area (Å²) in [7, 11) is -3.51. The molecule has 0 N–H and O–H groups in total. The lowest BCUT2D eigenvalue weighted by molar-refractivity contribution is 0.316. The van der Waals surface area contributed by atoms with Crippen molar-refractivity contribution in [1.82, 2.24) is 0 Å². The molecule has 112 valence electrons. The molecule has 0 radical (unpaired) electrons. The normalized spacial score (nSPS) is 14.7. The van der Waals surface area contributed by atoms with Crippen molar-refractivity contribution in [1.29, 1.82) is 0 Å². The van der Waals surface area contributed by atoms with Gasteiger partial charge in [-0.15, -0.1) is 11.3 Å². The highest BCUT2D eigenvalue weighted by atomic mass is 32.2. The SMILES string of the molecule is CCc1ccc(S(=O)(=O)N2CCOc3ccc(C)cc32)s1. The van der Waals surface area contributed by atoms with Gasteiger partial charge in [-0.2, -0.15) is 0 Å². The molecule has 1 aliphatic rings. The first-order chi connectivity index (χ1) is 10.0. The smallest absolute Gasteiger partial charge is 0.274 e. The van der Waals surface area contributed by atoms with Crippen LogP contribution in [0.2, 0.25) is 0 Å². The predicted molar refractivity (Wildman–Crippen MR) is 84.9 cm³/mol. The number of sulfonamides is 1. The first-order valence-electron chi connectivity index (χ1n) is 6.87. The zero-order chi connectivity index (χ0) is 15.0. The van der Waals surface area contributed by atoms with Gasteiger partial charge in [-0.05, 0) is 43.2 Å². The maximum Gasteiger partial charge on any atom is 0.274 e. The summed E-state index contributed by atoms with van der Waals surface area (Å²) < 4.78 is 33.2. The van der Waals surface area contributed by atoms with Gasteiger partial charge in [0, 0.05) is 4.88 Å². The molecule has 0 saturated carbocycles. The Bertz CT molecular complexity index is 765. The lowest BCUT2D eigenvalue weighted by atomic mass is 10.2. The van der Waals surface area contributed by atoms with Crippen molar-refractivity contribution in [2.24, 2.45) is 0 Å². The number of nitrogens with zero attached hydrogens (tertiary/aromatic N) is 1.